The van der Waals surface area contributed by atoms with Crippen molar-refractivity contribution >= 4 is 33.3 Å². The predicted molar refractivity (Wildman–Crippen MR) is 75.5 cm³/mol. The summed E-state index contributed by atoms with van der Waals surface area (Å²) >= 11 is 3.37. The second-order valence-electron chi connectivity index (χ2n) is 3.85. The van der Waals surface area contributed by atoms with Crippen LogP contribution in [0.4, 0.5) is 11.5 Å². The van der Waals surface area contributed by atoms with E-state index in [1.54, 1.807) is 18.3 Å². The lowest BCUT2D eigenvalue weighted by atomic mass is 10.2. The first-order valence-electron chi connectivity index (χ1n) is 5.36. The van der Waals surface area contributed by atoms with Gasteiger partial charge in [-0.3, -0.25) is 4.79 Å². The maximum absolute atomic E-state index is 12.1. The Balaban J connectivity index is 2.27. The molecule has 2 rings (SSSR count). The number of nitrogens with one attached hydrogen (secondary N) is 1. The zero-order valence-electron chi connectivity index (χ0n) is 9.77. The highest BCUT2D eigenvalue weighted by atomic mass is 79.9. The zero-order valence-corrected chi connectivity index (χ0v) is 11.4. The van der Waals surface area contributed by atoms with Crippen molar-refractivity contribution in [3.63, 3.8) is 0 Å². The average Bonchev–Trinajstić information content (AvgIpc) is 2.34. The van der Waals surface area contributed by atoms with E-state index >= 15 is 0 Å². The number of anilines is 2. The van der Waals surface area contributed by atoms with Gasteiger partial charge in [0.15, 0.2) is 0 Å². The van der Waals surface area contributed by atoms with Crippen LogP contribution < -0.4 is 11.1 Å². The van der Waals surface area contributed by atoms with Crippen molar-refractivity contribution in [2.24, 2.45) is 0 Å². The molecule has 4 nitrogen and oxygen atoms in total. The van der Waals surface area contributed by atoms with Gasteiger partial charge < -0.3 is 11.1 Å². The summed E-state index contributed by atoms with van der Waals surface area (Å²) in [6.45, 7) is 1.93. The predicted octanol–water partition coefficient (Wildman–Crippen LogP) is 2.99. The van der Waals surface area contributed by atoms with Crippen molar-refractivity contribution < 1.29 is 4.79 Å². The van der Waals surface area contributed by atoms with E-state index < -0.39 is 0 Å². The van der Waals surface area contributed by atoms with E-state index in [4.69, 9.17) is 5.73 Å². The Hall–Kier alpha value is -1.88. The lowest BCUT2D eigenvalue weighted by molar-refractivity contribution is 0.102. The number of carbonyl (C=O) groups excluding carboxylic acids is 1. The highest BCUT2D eigenvalue weighted by Gasteiger charge is 2.11. The molecule has 2 aromatic rings. The molecular formula is C13H12BrN3O. The SMILES string of the molecule is Cc1ccc(Br)cc1NC(=O)c1cccnc1N. The van der Waals surface area contributed by atoms with Crippen LogP contribution in [0.25, 0.3) is 0 Å². The van der Waals surface area contributed by atoms with Gasteiger partial charge in [-0.1, -0.05) is 22.0 Å². The molecule has 0 saturated heterocycles. The van der Waals surface area contributed by atoms with Crippen molar-refractivity contribution in [2.75, 3.05) is 11.1 Å². The van der Waals surface area contributed by atoms with Crippen LogP contribution in [-0.2, 0) is 0 Å². The molecule has 1 heterocycles. The smallest absolute Gasteiger partial charge is 0.259 e. The number of benzene rings is 1. The number of amides is 1. The molecule has 0 fully saturated rings. The number of pyridine rings is 1. The molecule has 92 valence electrons. The highest BCUT2D eigenvalue weighted by Crippen LogP contribution is 2.21. The van der Waals surface area contributed by atoms with E-state index in [1.165, 1.54) is 0 Å². The number of nitrogens with two attached hydrogens (primary N) is 1. The van der Waals surface area contributed by atoms with E-state index in [0.717, 1.165) is 15.7 Å². The number of aromatic nitrogens is 1. The van der Waals surface area contributed by atoms with Gasteiger partial charge in [0, 0.05) is 16.4 Å². The van der Waals surface area contributed by atoms with Crippen molar-refractivity contribution in [1.29, 1.82) is 0 Å². The molecule has 1 aromatic heterocycles. The van der Waals surface area contributed by atoms with Gasteiger partial charge in [0.05, 0.1) is 5.56 Å². The molecule has 0 atom stereocenters. The minimum atomic E-state index is -0.262. The highest BCUT2D eigenvalue weighted by molar-refractivity contribution is 9.10. The number of hydrogen-bond donors (Lipinski definition) is 2. The van der Waals surface area contributed by atoms with Gasteiger partial charge >= 0.3 is 0 Å². The van der Waals surface area contributed by atoms with Crippen LogP contribution in [0.15, 0.2) is 41.0 Å². The fourth-order valence-corrected chi connectivity index (χ4v) is 1.89. The number of nitrogens with zero attached hydrogens (tertiary/aromatic N) is 1. The van der Waals surface area contributed by atoms with Crippen LogP contribution in [0.2, 0.25) is 0 Å². The summed E-state index contributed by atoms with van der Waals surface area (Å²) in [4.78, 5) is 15.9. The standard InChI is InChI=1S/C13H12BrN3O/c1-8-4-5-9(14)7-11(8)17-13(18)10-3-2-6-16-12(10)15/h2-7H,1H3,(H2,15,16)(H,17,18). The molecule has 0 aliphatic rings. The third kappa shape index (κ3) is 2.68. The van der Waals surface area contributed by atoms with Crippen LogP contribution in [-0.4, -0.2) is 10.9 Å². The molecule has 0 saturated carbocycles. The normalized spacial score (nSPS) is 10.1. The van der Waals surface area contributed by atoms with E-state index in [1.807, 2.05) is 25.1 Å². The molecular weight excluding hydrogens is 294 g/mol. The van der Waals surface area contributed by atoms with Crippen molar-refractivity contribution in [3.8, 4) is 0 Å². The van der Waals surface area contributed by atoms with Crippen molar-refractivity contribution in [1.82, 2.24) is 4.98 Å². The van der Waals surface area contributed by atoms with Crippen LogP contribution in [0, 0.1) is 6.92 Å². The van der Waals surface area contributed by atoms with Gasteiger partial charge in [-0.2, -0.15) is 0 Å². The first kappa shape index (κ1) is 12.6. The molecule has 0 aliphatic heterocycles. The fraction of sp³-hybridized carbons (Fsp3) is 0.0769. The molecule has 0 bridgehead atoms. The first-order chi connectivity index (χ1) is 8.58. The Morgan fingerprint density at radius 2 is 2.17 bits per heavy atom. The second-order valence-corrected chi connectivity index (χ2v) is 4.77. The molecule has 0 unspecified atom stereocenters. The molecule has 1 aromatic carbocycles. The summed E-state index contributed by atoms with van der Waals surface area (Å²) in [6.07, 6.45) is 1.55. The number of aryl methyl sites for hydroxylation is 1. The van der Waals surface area contributed by atoms with Crippen LogP contribution in [0.5, 0.6) is 0 Å². The molecule has 0 aliphatic carbocycles. The van der Waals surface area contributed by atoms with Gasteiger partial charge in [0.25, 0.3) is 5.91 Å². The molecule has 0 spiro atoms. The topological polar surface area (TPSA) is 68.0 Å². The summed E-state index contributed by atoms with van der Waals surface area (Å²) in [5, 5.41) is 2.82. The average molecular weight is 306 g/mol. The number of nitrogen functional groups attached to an aromatic ring is 1. The van der Waals surface area contributed by atoms with Gasteiger partial charge in [0.1, 0.15) is 5.82 Å². The number of carbonyl (C=O) groups is 1. The Bertz CT molecular complexity index is 599. The van der Waals surface area contributed by atoms with E-state index in [9.17, 15) is 4.79 Å². The maximum atomic E-state index is 12.1. The minimum Gasteiger partial charge on any atom is -0.383 e. The van der Waals surface area contributed by atoms with Crippen molar-refractivity contribution in [3.05, 3.63) is 52.1 Å². The van der Waals surface area contributed by atoms with Gasteiger partial charge in [-0.05, 0) is 36.8 Å². The zero-order chi connectivity index (χ0) is 13.1. The summed E-state index contributed by atoms with van der Waals surface area (Å²) in [5.74, 6) is -0.0375. The maximum Gasteiger partial charge on any atom is 0.259 e. The van der Waals surface area contributed by atoms with E-state index in [0.29, 0.717) is 5.56 Å². The Kier molecular flexibility index (Phi) is 3.62. The third-order valence-electron chi connectivity index (χ3n) is 2.53. The summed E-state index contributed by atoms with van der Waals surface area (Å²) < 4.78 is 0.905. The van der Waals surface area contributed by atoms with E-state index in [-0.39, 0.29) is 11.7 Å². The number of halogens is 1. The molecule has 18 heavy (non-hydrogen) atoms. The lowest BCUT2D eigenvalue weighted by Gasteiger charge is -2.09. The van der Waals surface area contributed by atoms with Crippen LogP contribution >= 0.6 is 15.9 Å². The van der Waals surface area contributed by atoms with Crippen LogP contribution in [0.1, 0.15) is 15.9 Å². The summed E-state index contributed by atoms with van der Waals surface area (Å²) in [6, 6.07) is 9.01. The Morgan fingerprint density at radius 3 is 2.89 bits per heavy atom. The monoisotopic (exact) mass is 305 g/mol. The van der Waals surface area contributed by atoms with Crippen LogP contribution in [0.3, 0.4) is 0 Å². The number of hydrogen-bond acceptors (Lipinski definition) is 3. The second kappa shape index (κ2) is 5.18. The van der Waals surface area contributed by atoms with Gasteiger partial charge in [-0.25, -0.2) is 4.98 Å². The van der Waals surface area contributed by atoms with Gasteiger partial charge in [-0.15, -0.1) is 0 Å². The largest absolute Gasteiger partial charge is 0.383 e. The Labute approximate surface area is 113 Å². The molecule has 3 N–H and O–H groups in total. The lowest BCUT2D eigenvalue weighted by Crippen LogP contribution is -2.15. The minimum absolute atomic E-state index is 0.225. The Morgan fingerprint density at radius 1 is 1.39 bits per heavy atom. The quantitative estimate of drug-likeness (QED) is 0.896. The van der Waals surface area contributed by atoms with Gasteiger partial charge in [0.2, 0.25) is 0 Å². The molecule has 1 amide bonds. The first-order valence-corrected chi connectivity index (χ1v) is 6.15. The van der Waals surface area contributed by atoms with Crippen molar-refractivity contribution in [2.45, 2.75) is 6.92 Å². The molecule has 0 radical (unpaired) electrons. The summed E-state index contributed by atoms with van der Waals surface area (Å²) in [7, 11) is 0. The fourth-order valence-electron chi connectivity index (χ4n) is 1.53. The number of rotatable bonds is 2. The summed E-state index contributed by atoms with van der Waals surface area (Å²) in [5.41, 5.74) is 7.76. The van der Waals surface area contributed by atoms with E-state index in [2.05, 4.69) is 26.2 Å². The molecule has 5 heteroatoms. The third-order valence-corrected chi connectivity index (χ3v) is 3.02.